The van der Waals surface area contributed by atoms with Crippen molar-refractivity contribution >= 4 is 34.5 Å². The van der Waals surface area contributed by atoms with Gasteiger partial charge in [-0.05, 0) is 17.9 Å². The number of rotatable bonds is 0. The number of carbonyl (C=O) groups is 2. The standard InChI is InChI=1S/8C6H6.C5H12.2C3H6O2.C2H6OS.C2H6S.6C2H6.4CH4O/c8*1-2-4-6-5-3-1;1-5(2,3)4;2*1-3(4)5-2;1-4(2)3;1-3-2;10*1-2/h8*1-6H;1-4H3;2*1-2H3;1-2H3;1-2H3;6*1-2H3;4*2H,1H3. The highest BCUT2D eigenvalue weighted by Crippen LogP contribution is 2.08. The summed E-state index contributed by atoms with van der Waals surface area (Å²) in [6.45, 7) is 35.5. The van der Waals surface area contributed by atoms with E-state index in [4.69, 9.17) is 20.4 Å². The van der Waals surface area contributed by atoms with E-state index in [9.17, 15) is 13.8 Å². The lowest BCUT2D eigenvalue weighted by Gasteiger charge is -2.05. The molecule has 0 aliphatic heterocycles. The minimum Gasteiger partial charge on any atom is -0.469 e. The monoisotopic (exact) mass is 1290 g/mol. The maximum Gasteiger partial charge on any atom is 0.302 e. The summed E-state index contributed by atoms with van der Waals surface area (Å²) in [5, 5.41) is 28.0. The van der Waals surface area contributed by atoms with E-state index in [0.29, 0.717) is 5.41 Å². The van der Waals surface area contributed by atoms with Gasteiger partial charge in [0, 0.05) is 65.6 Å². The Morgan fingerprint density at radius 1 is 0.267 bits per heavy atom. The molecule has 0 amide bonds. The first kappa shape index (κ1) is 121. The molecule has 0 aliphatic carbocycles. The number of hydrogen-bond donors (Lipinski definition) is 4. The highest BCUT2D eigenvalue weighted by Gasteiger charge is 1.95. The highest BCUT2D eigenvalue weighted by atomic mass is 32.2. The van der Waals surface area contributed by atoms with Crippen LogP contribution in [0.2, 0.25) is 0 Å². The van der Waals surface area contributed by atoms with Crippen molar-refractivity contribution in [2.24, 2.45) is 5.41 Å². The summed E-state index contributed by atoms with van der Waals surface area (Å²) in [7, 11) is 6.09. The van der Waals surface area contributed by atoms with Gasteiger partial charge in [0.25, 0.3) is 0 Å². The number of hydrogen-bond acceptors (Lipinski definition) is 10. The molecular weight excluding hydrogens is 1160 g/mol. The summed E-state index contributed by atoms with van der Waals surface area (Å²) in [6, 6.07) is 96.0. The van der Waals surface area contributed by atoms with Crippen molar-refractivity contribution in [2.45, 2.75) is 125 Å². The Morgan fingerprint density at radius 3 is 0.300 bits per heavy atom. The van der Waals surface area contributed by atoms with Gasteiger partial charge >= 0.3 is 11.9 Å². The van der Waals surface area contributed by atoms with Crippen molar-refractivity contribution in [1.29, 1.82) is 0 Å². The average molecular weight is 1290 g/mol. The zero-order valence-corrected chi connectivity index (χ0v) is 63.5. The number of thioether (sulfide) groups is 1. The number of carbonyl (C=O) groups excluding carboxylic acids is 2. The van der Waals surface area contributed by atoms with Gasteiger partial charge in [-0.2, -0.15) is 11.8 Å². The molecule has 8 rings (SSSR count). The van der Waals surface area contributed by atoms with E-state index >= 15 is 0 Å². The molecule has 518 valence electrons. The van der Waals surface area contributed by atoms with Gasteiger partial charge in [0.15, 0.2) is 0 Å². The van der Waals surface area contributed by atoms with Gasteiger partial charge in [0.2, 0.25) is 0 Å². The third-order valence-corrected chi connectivity index (χ3v) is 5.91. The Labute approximate surface area is 563 Å². The second-order valence-corrected chi connectivity index (χ2v) is 17.1. The fourth-order valence-electron chi connectivity index (χ4n) is 3.08. The van der Waals surface area contributed by atoms with E-state index < -0.39 is 10.8 Å². The molecule has 0 saturated heterocycles. The highest BCUT2D eigenvalue weighted by molar-refractivity contribution is 7.97. The van der Waals surface area contributed by atoms with E-state index in [1.807, 2.05) is 387 Å². The van der Waals surface area contributed by atoms with Gasteiger partial charge in [-0.15, -0.1) is 0 Å². The van der Waals surface area contributed by atoms with E-state index in [1.165, 1.54) is 28.1 Å². The van der Waals surface area contributed by atoms with Crippen molar-refractivity contribution < 1.29 is 43.7 Å². The molecule has 0 saturated carbocycles. The molecule has 90 heavy (non-hydrogen) atoms. The first-order chi connectivity index (χ1) is 43.7. The minimum atomic E-state index is -0.611. The van der Waals surface area contributed by atoms with Gasteiger partial charge in [0.05, 0.1) is 14.2 Å². The molecule has 0 unspecified atom stereocenters. The minimum absolute atomic E-state index is 0.245. The first-order valence-corrected chi connectivity index (χ1v) is 33.8. The number of aliphatic hydroxyl groups excluding tert-OH is 4. The zero-order chi connectivity index (χ0) is 73.3. The fourth-order valence-corrected chi connectivity index (χ4v) is 3.08. The maximum atomic E-state index is 9.59. The molecule has 0 heterocycles. The molecule has 0 bridgehead atoms. The first-order valence-electron chi connectivity index (χ1n) is 30.2. The molecule has 8 aromatic rings. The van der Waals surface area contributed by atoms with Crippen LogP contribution in [0.1, 0.15) is 125 Å². The Morgan fingerprint density at radius 2 is 0.289 bits per heavy atom. The number of methoxy groups -OCH3 is 2. The Balaban J connectivity index is -0.0000000510. The van der Waals surface area contributed by atoms with Crippen LogP contribution in [0, 0.1) is 5.41 Å². The van der Waals surface area contributed by atoms with Crippen molar-refractivity contribution in [1.82, 2.24) is 0 Å². The number of esters is 2. The van der Waals surface area contributed by atoms with Crippen LogP contribution in [-0.2, 0) is 29.9 Å². The van der Waals surface area contributed by atoms with Gasteiger partial charge < -0.3 is 29.9 Å². The van der Waals surface area contributed by atoms with Crippen LogP contribution >= 0.6 is 11.8 Å². The van der Waals surface area contributed by atoms with Crippen molar-refractivity contribution in [2.75, 3.05) is 67.7 Å². The van der Waals surface area contributed by atoms with Gasteiger partial charge in [-0.25, -0.2) is 0 Å². The number of benzene rings is 8. The molecule has 8 aromatic carbocycles. The molecule has 4 N–H and O–H groups in total. The van der Waals surface area contributed by atoms with Crippen LogP contribution in [0.5, 0.6) is 0 Å². The van der Waals surface area contributed by atoms with Crippen molar-refractivity contribution in [3.05, 3.63) is 291 Å². The Hall–Kier alpha value is -6.96. The number of aliphatic hydroxyl groups is 4. The predicted molar refractivity (Wildman–Crippen MR) is 412 cm³/mol. The molecule has 0 fully saturated rings. The van der Waals surface area contributed by atoms with Crippen molar-refractivity contribution in [3.63, 3.8) is 0 Å². The smallest absolute Gasteiger partial charge is 0.302 e. The molecule has 0 atom stereocenters. The largest absolute Gasteiger partial charge is 0.469 e. The SMILES string of the molecule is CC.CC.CC.CC.CC.CC.CC(C)(C)C.CO.CO.CO.CO.COC(C)=O.COC(C)=O.CS(C)=O.CSC.c1ccccc1.c1ccccc1.c1ccccc1.c1ccccc1.c1ccccc1.c1ccccc1.c1ccccc1.c1ccccc1. The molecule has 0 radical (unpaired) electrons. The lowest BCUT2D eigenvalue weighted by Crippen LogP contribution is -1.93. The second kappa shape index (κ2) is 155. The molecule has 0 spiro atoms. The summed E-state index contributed by atoms with van der Waals surface area (Å²) < 4.78 is 17.8. The third kappa shape index (κ3) is 256. The Kier molecular flexibility index (Phi) is 207. The lowest BCUT2D eigenvalue weighted by atomic mass is 10.0. The number of ether oxygens (including phenoxy) is 2. The summed E-state index contributed by atoms with van der Waals surface area (Å²) in [6.07, 6.45) is 7.36. The third-order valence-electron chi connectivity index (χ3n) is 5.91. The van der Waals surface area contributed by atoms with Crippen LogP contribution in [0.25, 0.3) is 0 Å². The summed E-state index contributed by atoms with van der Waals surface area (Å²) in [5.41, 5.74) is 0.500. The van der Waals surface area contributed by atoms with E-state index in [2.05, 4.69) is 37.2 Å². The molecule has 9 nitrogen and oxygen atoms in total. The molecule has 0 aliphatic rings. The Bertz CT molecular complexity index is 1430. The van der Waals surface area contributed by atoms with E-state index in [1.54, 1.807) is 24.3 Å². The maximum absolute atomic E-state index is 9.59. The van der Waals surface area contributed by atoms with Gasteiger partial charge in [-0.3, -0.25) is 13.8 Å². The van der Waals surface area contributed by atoms with Crippen molar-refractivity contribution in [3.8, 4) is 0 Å². The van der Waals surface area contributed by atoms with Gasteiger partial charge in [0.1, 0.15) is 0 Å². The van der Waals surface area contributed by atoms with E-state index in [-0.39, 0.29) is 11.9 Å². The predicted octanol–water partition coefficient (Wildman–Crippen LogP) is 21.5. The normalized spacial score (nSPS) is 6.94. The van der Waals surface area contributed by atoms with Crippen LogP contribution in [0.4, 0.5) is 0 Å². The topological polar surface area (TPSA) is 151 Å². The zero-order valence-electron chi connectivity index (χ0n) is 61.9. The van der Waals surface area contributed by atoms with Crippen LogP contribution < -0.4 is 0 Å². The van der Waals surface area contributed by atoms with E-state index in [0.717, 1.165) is 28.4 Å². The van der Waals surface area contributed by atoms with Crippen LogP contribution in [-0.4, -0.2) is 104 Å². The second-order valence-electron chi connectivity index (χ2n) is 14.8. The lowest BCUT2D eigenvalue weighted by molar-refractivity contribution is -0.138. The molecule has 0 aromatic heterocycles. The van der Waals surface area contributed by atoms with Gasteiger partial charge in [-0.1, -0.05) is 402 Å². The average Bonchev–Trinajstić information content (AvgIpc) is 3.65. The van der Waals surface area contributed by atoms with Crippen LogP contribution in [0.15, 0.2) is 291 Å². The quantitative estimate of drug-likeness (QED) is 0.108. The molecular formula is C79H136O9S2. The molecule has 11 heteroatoms. The summed E-state index contributed by atoms with van der Waals surface area (Å²) in [5.74, 6) is -0.491. The summed E-state index contributed by atoms with van der Waals surface area (Å²) >= 11 is 1.75. The van der Waals surface area contributed by atoms with Crippen LogP contribution in [0.3, 0.4) is 0 Å². The fraction of sp³-hybridized carbons (Fsp3) is 0.367. The summed E-state index contributed by atoms with van der Waals surface area (Å²) in [4.78, 5) is 19.2.